The topological polar surface area (TPSA) is 47.6 Å². The summed E-state index contributed by atoms with van der Waals surface area (Å²) in [7, 11) is 0. The molecule has 1 aromatic carbocycles. The van der Waals surface area contributed by atoms with Crippen LogP contribution < -0.4 is 0 Å². The first-order valence-electron chi connectivity index (χ1n) is 3.77. The van der Waals surface area contributed by atoms with Gasteiger partial charge in [0.1, 0.15) is 12.1 Å². The summed E-state index contributed by atoms with van der Waals surface area (Å²) in [5.74, 6) is 0. The standard InChI is InChI=1S/C10H7BrN2/c1-7(11)8-2-3-9(5-12)10(4-8)6-13/h2-4,7H,1H3. The van der Waals surface area contributed by atoms with Crippen molar-refractivity contribution in [2.75, 3.05) is 0 Å². The minimum absolute atomic E-state index is 0.201. The fourth-order valence-electron chi connectivity index (χ4n) is 0.999. The molecule has 0 spiro atoms. The summed E-state index contributed by atoms with van der Waals surface area (Å²) in [6, 6.07) is 9.23. The van der Waals surface area contributed by atoms with Gasteiger partial charge in [-0.05, 0) is 24.6 Å². The van der Waals surface area contributed by atoms with Crippen LogP contribution in [0.1, 0.15) is 28.4 Å². The zero-order valence-corrected chi connectivity index (χ0v) is 8.67. The number of rotatable bonds is 1. The van der Waals surface area contributed by atoms with E-state index in [4.69, 9.17) is 10.5 Å². The molecule has 2 nitrogen and oxygen atoms in total. The lowest BCUT2D eigenvalue weighted by molar-refractivity contribution is 1.12. The van der Waals surface area contributed by atoms with E-state index in [-0.39, 0.29) is 4.83 Å². The molecule has 0 N–H and O–H groups in total. The summed E-state index contributed by atoms with van der Waals surface area (Å²) in [4.78, 5) is 0.201. The van der Waals surface area contributed by atoms with Gasteiger partial charge in [-0.25, -0.2) is 0 Å². The fourth-order valence-corrected chi connectivity index (χ4v) is 1.28. The smallest absolute Gasteiger partial charge is 0.101 e. The molecule has 0 aliphatic rings. The van der Waals surface area contributed by atoms with Crippen molar-refractivity contribution >= 4 is 15.9 Å². The molecule has 0 aliphatic heterocycles. The molecule has 3 heteroatoms. The van der Waals surface area contributed by atoms with E-state index < -0.39 is 0 Å². The average molecular weight is 235 g/mol. The Bertz CT molecular complexity index is 396. The summed E-state index contributed by atoms with van der Waals surface area (Å²) >= 11 is 3.40. The maximum absolute atomic E-state index is 8.74. The van der Waals surface area contributed by atoms with E-state index in [1.807, 2.05) is 25.1 Å². The lowest BCUT2D eigenvalue weighted by Gasteiger charge is -2.03. The van der Waals surface area contributed by atoms with Crippen molar-refractivity contribution in [2.24, 2.45) is 0 Å². The summed E-state index contributed by atoms with van der Waals surface area (Å²) in [6.07, 6.45) is 0. The molecule has 1 rings (SSSR count). The molecule has 0 amide bonds. The second kappa shape index (κ2) is 4.07. The van der Waals surface area contributed by atoms with Crippen molar-refractivity contribution in [3.05, 3.63) is 34.9 Å². The maximum atomic E-state index is 8.74. The molecule has 0 aromatic heterocycles. The Morgan fingerprint density at radius 3 is 2.31 bits per heavy atom. The monoisotopic (exact) mass is 234 g/mol. The quantitative estimate of drug-likeness (QED) is 0.702. The molecule has 0 radical (unpaired) electrons. The highest BCUT2D eigenvalue weighted by Gasteiger charge is 2.05. The Balaban J connectivity index is 3.25. The summed E-state index contributed by atoms with van der Waals surface area (Å²) in [6.45, 7) is 1.97. The van der Waals surface area contributed by atoms with Crippen molar-refractivity contribution in [1.82, 2.24) is 0 Å². The third-order valence-corrected chi connectivity index (χ3v) is 2.27. The van der Waals surface area contributed by atoms with Gasteiger partial charge >= 0.3 is 0 Å². The molecule has 0 fully saturated rings. The van der Waals surface area contributed by atoms with E-state index in [1.165, 1.54) is 0 Å². The van der Waals surface area contributed by atoms with E-state index >= 15 is 0 Å². The first-order chi connectivity index (χ1) is 6.19. The number of hydrogen-bond donors (Lipinski definition) is 0. The molecule has 0 aliphatic carbocycles. The second-order valence-electron chi connectivity index (χ2n) is 2.64. The normalized spacial score (nSPS) is 11.4. The first kappa shape index (κ1) is 9.77. The van der Waals surface area contributed by atoms with Gasteiger partial charge in [-0.1, -0.05) is 22.0 Å². The molecule has 1 aromatic rings. The van der Waals surface area contributed by atoms with Crippen LogP contribution in [0.15, 0.2) is 18.2 Å². The van der Waals surface area contributed by atoms with E-state index in [0.29, 0.717) is 11.1 Å². The third kappa shape index (κ3) is 2.08. The molecular formula is C10H7BrN2. The van der Waals surface area contributed by atoms with Crippen molar-refractivity contribution in [3.8, 4) is 12.1 Å². The zero-order chi connectivity index (χ0) is 9.84. The summed E-state index contributed by atoms with van der Waals surface area (Å²) in [5.41, 5.74) is 1.88. The maximum Gasteiger partial charge on any atom is 0.101 e. The Kier molecular flexibility index (Phi) is 3.06. The van der Waals surface area contributed by atoms with Gasteiger partial charge in [-0.2, -0.15) is 10.5 Å². The van der Waals surface area contributed by atoms with Gasteiger partial charge in [-0.15, -0.1) is 0 Å². The van der Waals surface area contributed by atoms with Crippen LogP contribution in [-0.2, 0) is 0 Å². The highest BCUT2D eigenvalue weighted by molar-refractivity contribution is 9.09. The van der Waals surface area contributed by atoms with Crippen LogP contribution in [0.5, 0.6) is 0 Å². The Labute approximate surface area is 85.5 Å². The molecular weight excluding hydrogens is 228 g/mol. The molecule has 0 bridgehead atoms. The molecule has 1 atom stereocenters. The highest BCUT2D eigenvalue weighted by atomic mass is 79.9. The molecule has 0 heterocycles. The van der Waals surface area contributed by atoms with Crippen molar-refractivity contribution in [3.63, 3.8) is 0 Å². The number of nitriles is 2. The largest absolute Gasteiger partial charge is 0.192 e. The van der Waals surface area contributed by atoms with Gasteiger partial charge in [-0.3, -0.25) is 0 Å². The second-order valence-corrected chi connectivity index (χ2v) is 4.02. The van der Waals surface area contributed by atoms with E-state index in [0.717, 1.165) is 5.56 Å². The zero-order valence-electron chi connectivity index (χ0n) is 7.08. The van der Waals surface area contributed by atoms with Crippen LogP contribution >= 0.6 is 15.9 Å². The number of hydrogen-bond acceptors (Lipinski definition) is 2. The predicted octanol–water partition coefficient (Wildman–Crippen LogP) is 2.89. The molecule has 1 unspecified atom stereocenters. The lowest BCUT2D eigenvalue weighted by Crippen LogP contribution is -1.89. The van der Waals surface area contributed by atoms with Crippen LogP contribution in [0.2, 0.25) is 0 Å². The number of halogens is 1. The van der Waals surface area contributed by atoms with Crippen LogP contribution in [0.25, 0.3) is 0 Å². The first-order valence-corrected chi connectivity index (χ1v) is 4.69. The van der Waals surface area contributed by atoms with E-state index in [9.17, 15) is 0 Å². The van der Waals surface area contributed by atoms with Gasteiger partial charge < -0.3 is 0 Å². The number of alkyl halides is 1. The summed E-state index contributed by atoms with van der Waals surface area (Å²) < 4.78 is 0. The van der Waals surface area contributed by atoms with Gasteiger partial charge in [0.2, 0.25) is 0 Å². The van der Waals surface area contributed by atoms with Gasteiger partial charge in [0, 0.05) is 4.83 Å². The van der Waals surface area contributed by atoms with Crippen LogP contribution in [0.3, 0.4) is 0 Å². The Hall–Kier alpha value is -1.32. The molecule has 64 valence electrons. The van der Waals surface area contributed by atoms with Crippen molar-refractivity contribution in [2.45, 2.75) is 11.8 Å². The number of nitrogens with zero attached hydrogens (tertiary/aromatic N) is 2. The SMILES string of the molecule is CC(Br)c1ccc(C#N)c(C#N)c1. The van der Waals surface area contributed by atoms with Gasteiger partial charge in [0.15, 0.2) is 0 Å². The predicted molar refractivity (Wildman–Crippen MR) is 53.2 cm³/mol. The number of benzene rings is 1. The average Bonchev–Trinajstić information content (AvgIpc) is 2.16. The van der Waals surface area contributed by atoms with E-state index in [1.54, 1.807) is 12.1 Å². The third-order valence-electron chi connectivity index (χ3n) is 1.74. The van der Waals surface area contributed by atoms with Crippen LogP contribution in [0.4, 0.5) is 0 Å². The minimum Gasteiger partial charge on any atom is -0.192 e. The molecule has 0 saturated heterocycles. The Morgan fingerprint density at radius 1 is 1.23 bits per heavy atom. The highest BCUT2D eigenvalue weighted by Crippen LogP contribution is 2.23. The van der Waals surface area contributed by atoms with Gasteiger partial charge in [0.25, 0.3) is 0 Å². The Morgan fingerprint density at radius 2 is 1.85 bits per heavy atom. The minimum atomic E-state index is 0.201. The van der Waals surface area contributed by atoms with Crippen molar-refractivity contribution < 1.29 is 0 Å². The van der Waals surface area contributed by atoms with Gasteiger partial charge in [0.05, 0.1) is 11.1 Å². The van der Waals surface area contributed by atoms with Crippen LogP contribution in [-0.4, -0.2) is 0 Å². The van der Waals surface area contributed by atoms with Crippen molar-refractivity contribution in [1.29, 1.82) is 10.5 Å². The van der Waals surface area contributed by atoms with E-state index in [2.05, 4.69) is 15.9 Å². The molecule has 0 saturated carbocycles. The summed E-state index contributed by atoms with van der Waals surface area (Å²) in [5, 5.41) is 17.4. The molecule has 13 heavy (non-hydrogen) atoms. The lowest BCUT2D eigenvalue weighted by atomic mass is 10.0. The fraction of sp³-hybridized carbons (Fsp3) is 0.200. The van der Waals surface area contributed by atoms with Crippen LogP contribution in [0, 0.1) is 22.7 Å².